The number of rotatable bonds is 4. The molecule has 0 aliphatic heterocycles. The molecule has 11 heavy (non-hydrogen) atoms. The lowest BCUT2D eigenvalue weighted by Gasteiger charge is -2.10. The highest BCUT2D eigenvalue weighted by molar-refractivity contribution is 5.73. The normalized spacial score (nSPS) is 11.9. The van der Waals surface area contributed by atoms with Crippen LogP contribution in [0.1, 0.15) is 13.8 Å². The van der Waals surface area contributed by atoms with E-state index >= 15 is 0 Å². The quantitative estimate of drug-likeness (QED) is 0.275. The number of hydrogen-bond acceptors (Lipinski definition) is 2. The first kappa shape index (κ1) is 9.58. The molecule has 0 spiro atoms. The maximum Gasteiger partial charge on any atom is 0.349 e. The van der Waals surface area contributed by atoms with E-state index in [9.17, 15) is 4.79 Å². The van der Waals surface area contributed by atoms with Crippen LogP contribution < -0.4 is 5.43 Å². The van der Waals surface area contributed by atoms with Gasteiger partial charge in [0, 0.05) is 5.92 Å². The van der Waals surface area contributed by atoms with Crippen LogP contribution in [0.3, 0.4) is 0 Å². The van der Waals surface area contributed by atoms with Crippen LogP contribution in [-0.4, -0.2) is 17.1 Å². The molecule has 0 radical (unpaired) electrons. The van der Waals surface area contributed by atoms with E-state index < -0.39 is 12.0 Å². The van der Waals surface area contributed by atoms with E-state index in [2.05, 4.69) is 15.6 Å². The lowest BCUT2D eigenvalue weighted by molar-refractivity contribution is -0.140. The first-order chi connectivity index (χ1) is 5.09. The zero-order valence-corrected chi connectivity index (χ0v) is 6.35. The summed E-state index contributed by atoms with van der Waals surface area (Å²) in [4.78, 5) is 12.8. The third kappa shape index (κ3) is 3.32. The maximum absolute atomic E-state index is 10.4. The minimum Gasteiger partial charge on any atom is -0.478 e. The van der Waals surface area contributed by atoms with Crippen molar-refractivity contribution >= 4 is 5.97 Å². The highest BCUT2D eigenvalue weighted by atomic mass is 16.4. The van der Waals surface area contributed by atoms with Gasteiger partial charge in [0.05, 0.1) is 0 Å². The molecule has 6 nitrogen and oxygen atoms in total. The summed E-state index contributed by atoms with van der Waals surface area (Å²) in [6.07, 6.45) is 0. The summed E-state index contributed by atoms with van der Waals surface area (Å²) in [5.74, 6) is -1.13. The van der Waals surface area contributed by atoms with Gasteiger partial charge in [0.1, 0.15) is 0 Å². The second-order valence-electron chi connectivity index (χ2n) is 2.38. The van der Waals surface area contributed by atoms with E-state index in [1.54, 1.807) is 13.8 Å². The van der Waals surface area contributed by atoms with Gasteiger partial charge in [-0.1, -0.05) is 13.8 Å². The zero-order valence-electron chi connectivity index (χ0n) is 6.35. The Hall–Kier alpha value is -1.42. The Morgan fingerprint density at radius 3 is 2.55 bits per heavy atom. The molecule has 0 aromatic carbocycles. The summed E-state index contributed by atoms with van der Waals surface area (Å²) in [7, 11) is 0. The molecule has 0 bridgehead atoms. The second-order valence-corrected chi connectivity index (χ2v) is 2.38. The molecule has 0 amide bonds. The van der Waals surface area contributed by atoms with Crippen LogP contribution in [0.2, 0.25) is 0 Å². The van der Waals surface area contributed by atoms with Gasteiger partial charge in [-0.3, -0.25) is 0 Å². The van der Waals surface area contributed by atoms with Crippen molar-refractivity contribution in [1.82, 2.24) is 5.43 Å². The lowest BCUT2D eigenvalue weighted by Crippen LogP contribution is -2.37. The Balaban J connectivity index is 4.11. The van der Waals surface area contributed by atoms with Gasteiger partial charge in [0.15, 0.2) is 6.04 Å². The summed E-state index contributed by atoms with van der Waals surface area (Å²) in [5.41, 5.74) is 10.1. The topological polar surface area (TPSA) is 98.1 Å². The number of carboxylic acids is 1. The van der Waals surface area contributed by atoms with Crippen molar-refractivity contribution < 1.29 is 9.90 Å². The summed E-state index contributed by atoms with van der Waals surface area (Å²) < 4.78 is 0. The van der Waals surface area contributed by atoms with E-state index in [4.69, 9.17) is 10.6 Å². The largest absolute Gasteiger partial charge is 0.478 e. The fourth-order valence-corrected chi connectivity index (χ4v) is 0.577. The van der Waals surface area contributed by atoms with Crippen molar-refractivity contribution in [2.75, 3.05) is 0 Å². The van der Waals surface area contributed by atoms with Crippen LogP contribution >= 0.6 is 0 Å². The summed E-state index contributed by atoms with van der Waals surface area (Å²) in [5, 5.41) is 11.5. The van der Waals surface area contributed by atoms with E-state index in [1.807, 2.05) is 0 Å². The minimum atomic E-state index is -1.02. The van der Waals surface area contributed by atoms with Crippen LogP contribution in [0.5, 0.6) is 0 Å². The molecule has 0 rings (SSSR count). The van der Waals surface area contributed by atoms with Gasteiger partial charge in [-0.2, -0.15) is 4.91 Å². The summed E-state index contributed by atoms with van der Waals surface area (Å²) in [6, 6.07) is -0.814. The number of carbonyl (C=O) groups is 1. The Morgan fingerprint density at radius 2 is 2.27 bits per heavy atom. The molecule has 0 saturated heterocycles. The number of hydrogen-bond donors (Lipinski definition) is 2. The van der Waals surface area contributed by atoms with Crippen molar-refractivity contribution in [3.63, 3.8) is 0 Å². The van der Waals surface area contributed by atoms with Gasteiger partial charge in [-0.15, -0.1) is 5.53 Å². The van der Waals surface area contributed by atoms with Gasteiger partial charge in [-0.25, -0.2) is 10.2 Å². The standard InChI is InChI=1S/C5H10N4O2/c1-3(2)4(5(10)11)7-9-8-6/h3-4,7H,1-2H3,(H,10,11)/t4-/m0/s1. The molecule has 1 atom stereocenters. The molecular weight excluding hydrogens is 148 g/mol. The number of nitrogens with zero attached hydrogens (tertiary/aromatic N) is 3. The third-order valence-corrected chi connectivity index (χ3v) is 1.17. The van der Waals surface area contributed by atoms with Gasteiger partial charge in [0.2, 0.25) is 0 Å². The molecule has 0 saturated carbocycles. The van der Waals surface area contributed by atoms with E-state index in [0.29, 0.717) is 0 Å². The fraction of sp³-hybridized carbons (Fsp3) is 0.800. The summed E-state index contributed by atoms with van der Waals surface area (Å²) >= 11 is 0. The highest BCUT2D eigenvalue weighted by Crippen LogP contribution is 2.00. The SMILES string of the molecule is CC(C)[C@H](NN=[N+]=[N-])C(=O)O. The number of aliphatic carboxylic acids is 1. The number of nitrogens with one attached hydrogen (secondary N) is 1. The molecule has 0 unspecified atom stereocenters. The lowest BCUT2D eigenvalue weighted by atomic mass is 10.1. The Morgan fingerprint density at radius 1 is 1.73 bits per heavy atom. The van der Waals surface area contributed by atoms with Crippen LogP contribution in [0.15, 0.2) is 5.22 Å². The first-order valence-corrected chi connectivity index (χ1v) is 3.12. The van der Waals surface area contributed by atoms with Crippen LogP contribution in [0.4, 0.5) is 0 Å². The predicted molar refractivity (Wildman–Crippen MR) is 38.5 cm³/mol. The van der Waals surface area contributed by atoms with Crippen LogP contribution in [0.25, 0.3) is 10.4 Å². The Labute approximate surface area is 63.8 Å². The average molecular weight is 158 g/mol. The van der Waals surface area contributed by atoms with Crippen molar-refractivity contribution in [3.05, 3.63) is 10.4 Å². The molecule has 0 heterocycles. The second kappa shape index (κ2) is 4.40. The predicted octanol–water partition coefficient (Wildman–Crippen LogP) is 0.910. The number of azide groups is 1. The van der Waals surface area contributed by atoms with Crippen molar-refractivity contribution in [2.24, 2.45) is 11.1 Å². The van der Waals surface area contributed by atoms with Crippen LogP contribution in [0, 0.1) is 5.92 Å². The molecule has 0 aliphatic carbocycles. The number of carboxylic acid groups (broad SMARTS) is 1. The smallest absolute Gasteiger partial charge is 0.349 e. The molecule has 2 N–H and O–H groups in total. The minimum absolute atomic E-state index is 0.113. The Bertz CT molecular complexity index is 185. The molecule has 62 valence electrons. The fourth-order valence-electron chi connectivity index (χ4n) is 0.577. The average Bonchev–Trinajstić information content (AvgIpc) is 1.87. The molecule has 0 aromatic heterocycles. The Kier molecular flexibility index (Phi) is 3.84. The molecule has 6 heteroatoms. The van der Waals surface area contributed by atoms with Crippen molar-refractivity contribution in [1.29, 1.82) is 0 Å². The van der Waals surface area contributed by atoms with Gasteiger partial charge in [-0.05, 0) is 5.22 Å². The summed E-state index contributed by atoms with van der Waals surface area (Å²) in [6.45, 7) is 3.44. The highest BCUT2D eigenvalue weighted by Gasteiger charge is 2.22. The molecule has 0 aromatic rings. The zero-order chi connectivity index (χ0) is 8.85. The van der Waals surface area contributed by atoms with Gasteiger partial charge in [0.25, 0.3) is 0 Å². The third-order valence-electron chi connectivity index (χ3n) is 1.17. The van der Waals surface area contributed by atoms with Gasteiger partial charge >= 0.3 is 5.97 Å². The molecule has 0 aliphatic rings. The van der Waals surface area contributed by atoms with Crippen molar-refractivity contribution in [3.8, 4) is 0 Å². The first-order valence-electron chi connectivity index (χ1n) is 3.12. The molecular formula is C5H10N4O2. The molecule has 0 fully saturated rings. The van der Waals surface area contributed by atoms with Crippen molar-refractivity contribution in [2.45, 2.75) is 19.9 Å². The maximum atomic E-state index is 10.4. The van der Waals surface area contributed by atoms with E-state index in [1.165, 1.54) is 0 Å². The van der Waals surface area contributed by atoms with E-state index in [0.717, 1.165) is 0 Å². The van der Waals surface area contributed by atoms with E-state index in [-0.39, 0.29) is 5.92 Å². The monoisotopic (exact) mass is 158 g/mol. The van der Waals surface area contributed by atoms with Crippen LogP contribution in [-0.2, 0) is 4.79 Å². The van der Waals surface area contributed by atoms with Gasteiger partial charge < -0.3 is 5.11 Å².